The van der Waals surface area contributed by atoms with Gasteiger partial charge >= 0.3 is 12.0 Å². The number of amides is 2. The first-order valence-corrected chi connectivity index (χ1v) is 6.82. The van der Waals surface area contributed by atoms with Gasteiger partial charge in [-0.2, -0.15) is 0 Å². The summed E-state index contributed by atoms with van der Waals surface area (Å²) in [6.07, 6.45) is 3.67. The van der Waals surface area contributed by atoms with E-state index in [1.807, 2.05) is 25.9 Å². The fraction of sp³-hybridized carbons (Fsp3) is 0.846. The number of urea groups is 1. The summed E-state index contributed by atoms with van der Waals surface area (Å²) in [5.74, 6) is -0.743. The number of likely N-dealkylation sites (N-methyl/N-ethyl adjacent to an activating group) is 1. The van der Waals surface area contributed by atoms with E-state index in [2.05, 4.69) is 10.6 Å². The van der Waals surface area contributed by atoms with Gasteiger partial charge in [0.05, 0.1) is 0 Å². The number of hydrogen-bond donors (Lipinski definition) is 3. The smallest absolute Gasteiger partial charge is 0.315 e. The van der Waals surface area contributed by atoms with Crippen LogP contribution in [0.5, 0.6) is 0 Å². The third-order valence-corrected chi connectivity index (χ3v) is 2.62. The molecule has 0 saturated carbocycles. The summed E-state index contributed by atoms with van der Waals surface area (Å²) >= 11 is 0. The Hall–Kier alpha value is -1.30. The molecule has 2 amide bonds. The summed E-state index contributed by atoms with van der Waals surface area (Å²) < 4.78 is 0. The molecule has 0 aliphatic rings. The molecule has 0 aliphatic heterocycles. The monoisotopic (exact) mass is 273 g/mol. The third kappa shape index (κ3) is 12.9. The summed E-state index contributed by atoms with van der Waals surface area (Å²) in [6, 6.07) is -0.0227. The van der Waals surface area contributed by atoms with Crippen molar-refractivity contribution < 1.29 is 14.7 Å². The maximum Gasteiger partial charge on any atom is 0.315 e. The van der Waals surface area contributed by atoms with Gasteiger partial charge in [0.15, 0.2) is 0 Å². The van der Waals surface area contributed by atoms with Crippen molar-refractivity contribution in [3.63, 3.8) is 0 Å². The number of carboxylic acids is 1. The molecular weight excluding hydrogens is 246 g/mol. The van der Waals surface area contributed by atoms with Gasteiger partial charge in [-0.25, -0.2) is 4.79 Å². The molecule has 0 aromatic carbocycles. The third-order valence-electron chi connectivity index (χ3n) is 2.62. The summed E-state index contributed by atoms with van der Waals surface area (Å²) in [7, 11) is 3.93. The van der Waals surface area contributed by atoms with Crippen LogP contribution in [0.15, 0.2) is 0 Å². The van der Waals surface area contributed by atoms with E-state index in [9.17, 15) is 9.59 Å². The fourth-order valence-corrected chi connectivity index (χ4v) is 1.82. The highest BCUT2D eigenvalue weighted by Crippen LogP contribution is 2.02. The van der Waals surface area contributed by atoms with Crippen LogP contribution in [0.1, 0.15) is 39.0 Å². The minimum Gasteiger partial charge on any atom is -0.481 e. The standard InChI is InChI=1S/C13H27N3O3/c1-11(10-16(2)3)15-13(19)14-9-7-5-4-6-8-12(17)18/h11H,4-10H2,1-3H3,(H,17,18)(H2,14,15,19). The molecule has 0 aromatic heterocycles. The van der Waals surface area contributed by atoms with Crippen molar-refractivity contribution in [1.82, 2.24) is 15.5 Å². The van der Waals surface area contributed by atoms with Crippen LogP contribution in [-0.2, 0) is 4.79 Å². The first kappa shape index (κ1) is 17.7. The van der Waals surface area contributed by atoms with Crippen LogP contribution in [-0.4, -0.2) is 55.2 Å². The van der Waals surface area contributed by atoms with E-state index in [-0.39, 0.29) is 18.5 Å². The van der Waals surface area contributed by atoms with Gasteiger partial charge in [0.2, 0.25) is 0 Å². The van der Waals surface area contributed by atoms with Crippen molar-refractivity contribution >= 4 is 12.0 Å². The molecular formula is C13H27N3O3. The van der Waals surface area contributed by atoms with Gasteiger partial charge in [-0.3, -0.25) is 4.79 Å². The Morgan fingerprint density at radius 1 is 1.16 bits per heavy atom. The van der Waals surface area contributed by atoms with Gasteiger partial charge in [0.25, 0.3) is 0 Å². The molecule has 1 atom stereocenters. The maximum atomic E-state index is 11.5. The van der Waals surface area contributed by atoms with Crippen LogP contribution in [0.3, 0.4) is 0 Å². The highest BCUT2D eigenvalue weighted by atomic mass is 16.4. The van der Waals surface area contributed by atoms with Crippen molar-refractivity contribution in [2.75, 3.05) is 27.2 Å². The molecule has 19 heavy (non-hydrogen) atoms. The molecule has 112 valence electrons. The first-order valence-electron chi connectivity index (χ1n) is 6.82. The molecule has 0 bridgehead atoms. The van der Waals surface area contributed by atoms with E-state index < -0.39 is 5.97 Å². The quantitative estimate of drug-likeness (QED) is 0.524. The lowest BCUT2D eigenvalue weighted by Gasteiger charge is -2.18. The normalized spacial score (nSPS) is 12.2. The van der Waals surface area contributed by atoms with Gasteiger partial charge in [0, 0.05) is 25.6 Å². The molecule has 0 spiro atoms. The molecule has 6 heteroatoms. The van der Waals surface area contributed by atoms with Crippen molar-refractivity contribution in [3.05, 3.63) is 0 Å². The predicted molar refractivity (Wildman–Crippen MR) is 75.3 cm³/mol. The highest BCUT2D eigenvalue weighted by molar-refractivity contribution is 5.74. The molecule has 0 fully saturated rings. The second-order valence-electron chi connectivity index (χ2n) is 5.12. The van der Waals surface area contributed by atoms with Crippen LogP contribution in [0, 0.1) is 0 Å². The Morgan fingerprint density at radius 3 is 2.37 bits per heavy atom. The summed E-state index contributed by atoms with van der Waals surface area (Å²) in [6.45, 7) is 3.40. The fourth-order valence-electron chi connectivity index (χ4n) is 1.82. The Kier molecular flexibility index (Phi) is 9.88. The minimum absolute atomic E-state index is 0.116. The molecule has 0 saturated heterocycles. The number of nitrogens with zero attached hydrogens (tertiary/aromatic N) is 1. The SMILES string of the molecule is CC(CN(C)C)NC(=O)NCCCCCCC(=O)O. The number of carbonyl (C=O) groups excluding carboxylic acids is 1. The van der Waals surface area contributed by atoms with E-state index >= 15 is 0 Å². The summed E-state index contributed by atoms with van der Waals surface area (Å²) in [5.41, 5.74) is 0. The van der Waals surface area contributed by atoms with E-state index in [0.717, 1.165) is 25.8 Å². The van der Waals surface area contributed by atoms with Crippen molar-refractivity contribution in [2.45, 2.75) is 45.1 Å². The van der Waals surface area contributed by atoms with Crippen LogP contribution in [0.4, 0.5) is 4.79 Å². The average molecular weight is 273 g/mol. The largest absolute Gasteiger partial charge is 0.481 e. The van der Waals surface area contributed by atoms with Crippen LogP contribution in [0.2, 0.25) is 0 Å². The number of aliphatic carboxylic acids is 1. The number of rotatable bonds is 10. The number of carbonyl (C=O) groups is 2. The van der Waals surface area contributed by atoms with Gasteiger partial charge in [-0.05, 0) is 33.9 Å². The van der Waals surface area contributed by atoms with E-state index in [1.165, 1.54) is 0 Å². The van der Waals surface area contributed by atoms with Gasteiger partial charge in [0.1, 0.15) is 0 Å². The van der Waals surface area contributed by atoms with E-state index in [0.29, 0.717) is 13.0 Å². The average Bonchev–Trinajstić information content (AvgIpc) is 2.25. The maximum absolute atomic E-state index is 11.5. The summed E-state index contributed by atoms with van der Waals surface area (Å²) in [4.78, 5) is 23.8. The summed E-state index contributed by atoms with van der Waals surface area (Å²) in [5, 5.41) is 14.1. The lowest BCUT2D eigenvalue weighted by atomic mass is 10.1. The Bertz CT molecular complexity index is 270. The Labute approximate surface area is 115 Å². The van der Waals surface area contributed by atoms with E-state index in [4.69, 9.17) is 5.11 Å². The first-order chi connectivity index (χ1) is 8.91. The van der Waals surface area contributed by atoms with Crippen molar-refractivity contribution in [2.24, 2.45) is 0 Å². The molecule has 3 N–H and O–H groups in total. The predicted octanol–water partition coefficient (Wildman–Crippen LogP) is 1.27. The minimum atomic E-state index is -0.743. The molecule has 0 rings (SSSR count). The Morgan fingerprint density at radius 2 is 1.79 bits per heavy atom. The van der Waals surface area contributed by atoms with Crippen molar-refractivity contribution in [1.29, 1.82) is 0 Å². The molecule has 1 unspecified atom stereocenters. The van der Waals surface area contributed by atoms with Crippen LogP contribution in [0.25, 0.3) is 0 Å². The zero-order valence-corrected chi connectivity index (χ0v) is 12.2. The van der Waals surface area contributed by atoms with Gasteiger partial charge < -0.3 is 20.6 Å². The lowest BCUT2D eigenvalue weighted by Crippen LogP contribution is -2.45. The second kappa shape index (κ2) is 10.6. The van der Waals surface area contributed by atoms with Crippen molar-refractivity contribution in [3.8, 4) is 0 Å². The topological polar surface area (TPSA) is 81.7 Å². The zero-order valence-electron chi connectivity index (χ0n) is 12.2. The molecule has 0 aliphatic carbocycles. The molecule has 0 radical (unpaired) electrons. The number of unbranched alkanes of at least 4 members (excludes halogenated alkanes) is 3. The zero-order chi connectivity index (χ0) is 14.7. The number of hydrogen-bond acceptors (Lipinski definition) is 3. The molecule has 0 aromatic rings. The molecule has 0 heterocycles. The second-order valence-corrected chi connectivity index (χ2v) is 5.12. The van der Waals surface area contributed by atoms with Gasteiger partial charge in [-0.15, -0.1) is 0 Å². The lowest BCUT2D eigenvalue weighted by molar-refractivity contribution is -0.137. The highest BCUT2D eigenvalue weighted by Gasteiger charge is 2.06. The molecule has 6 nitrogen and oxygen atoms in total. The Balaban J connectivity index is 3.41. The number of carboxylic acid groups (broad SMARTS) is 1. The number of nitrogens with one attached hydrogen (secondary N) is 2. The van der Waals surface area contributed by atoms with Crippen LogP contribution >= 0.6 is 0 Å². The van der Waals surface area contributed by atoms with Crippen LogP contribution < -0.4 is 10.6 Å². The van der Waals surface area contributed by atoms with E-state index in [1.54, 1.807) is 0 Å². The van der Waals surface area contributed by atoms with Gasteiger partial charge in [-0.1, -0.05) is 12.8 Å².